The van der Waals surface area contributed by atoms with E-state index >= 15 is 0 Å². The zero-order valence-corrected chi connectivity index (χ0v) is 21.5. The van der Waals surface area contributed by atoms with Gasteiger partial charge in [0.05, 0.1) is 6.61 Å². The highest BCUT2D eigenvalue weighted by Crippen LogP contribution is 2.37. The molecule has 1 unspecified atom stereocenters. The lowest BCUT2D eigenvalue weighted by molar-refractivity contribution is -0.133. The molecule has 1 saturated heterocycles. The molecule has 2 aromatic carbocycles. The number of aliphatic hydroxyl groups excluding tert-OH is 1. The third-order valence-electron chi connectivity index (χ3n) is 7.10. The minimum absolute atomic E-state index is 0.0734. The molecule has 35 heavy (non-hydrogen) atoms. The van der Waals surface area contributed by atoms with Crippen molar-refractivity contribution in [3.05, 3.63) is 52.0 Å². The van der Waals surface area contributed by atoms with Crippen molar-refractivity contribution >= 4 is 35.2 Å². The van der Waals surface area contributed by atoms with E-state index in [4.69, 9.17) is 33.0 Å². The molecule has 0 spiro atoms. The SMILES string of the molecule is CN(CCO)C(=O)Oc1ccc(-c2cc(Cl)c(CC3CCN(C4CCCCC4)C3=O)c(Cl)c2)cc1. The van der Waals surface area contributed by atoms with E-state index in [1.165, 1.54) is 24.2 Å². The number of likely N-dealkylation sites (N-methyl/N-ethyl adjacent to an activating group) is 1. The van der Waals surface area contributed by atoms with Gasteiger partial charge in [-0.05, 0) is 66.6 Å². The van der Waals surface area contributed by atoms with Gasteiger partial charge in [0.25, 0.3) is 0 Å². The van der Waals surface area contributed by atoms with Gasteiger partial charge in [-0.15, -0.1) is 0 Å². The zero-order chi connectivity index (χ0) is 24.9. The Morgan fingerprint density at radius 1 is 1.06 bits per heavy atom. The van der Waals surface area contributed by atoms with E-state index in [0.29, 0.717) is 28.3 Å². The molecule has 8 heteroatoms. The van der Waals surface area contributed by atoms with Crippen molar-refractivity contribution in [1.29, 1.82) is 0 Å². The van der Waals surface area contributed by atoms with E-state index < -0.39 is 6.09 Å². The van der Waals surface area contributed by atoms with Gasteiger partial charge in [-0.1, -0.05) is 54.6 Å². The highest BCUT2D eigenvalue weighted by molar-refractivity contribution is 6.36. The molecule has 6 nitrogen and oxygen atoms in total. The van der Waals surface area contributed by atoms with Gasteiger partial charge in [0, 0.05) is 42.1 Å². The fraction of sp³-hybridized carbons (Fsp3) is 0.481. The summed E-state index contributed by atoms with van der Waals surface area (Å²) in [5.41, 5.74) is 2.54. The fourth-order valence-corrected chi connectivity index (χ4v) is 5.70. The Morgan fingerprint density at radius 2 is 1.71 bits per heavy atom. The summed E-state index contributed by atoms with van der Waals surface area (Å²) in [5.74, 6) is 0.568. The lowest BCUT2D eigenvalue weighted by atomic mass is 9.93. The van der Waals surface area contributed by atoms with Gasteiger partial charge in [-0.25, -0.2) is 4.79 Å². The summed E-state index contributed by atoms with van der Waals surface area (Å²) in [6, 6.07) is 11.2. The number of carbonyl (C=O) groups is 2. The van der Waals surface area contributed by atoms with Crippen LogP contribution in [0.15, 0.2) is 36.4 Å². The molecule has 1 aliphatic heterocycles. The molecule has 1 heterocycles. The molecule has 1 atom stereocenters. The van der Waals surface area contributed by atoms with E-state index in [2.05, 4.69) is 4.90 Å². The number of likely N-dealkylation sites (tertiary alicyclic amines) is 1. The van der Waals surface area contributed by atoms with Crippen molar-refractivity contribution in [2.24, 2.45) is 5.92 Å². The van der Waals surface area contributed by atoms with E-state index in [1.807, 2.05) is 24.3 Å². The molecule has 2 fully saturated rings. The number of aliphatic hydroxyl groups is 1. The first-order chi connectivity index (χ1) is 16.9. The Hall–Kier alpha value is -2.28. The van der Waals surface area contributed by atoms with Crippen molar-refractivity contribution in [2.45, 2.75) is 51.0 Å². The number of hydrogen-bond acceptors (Lipinski definition) is 4. The maximum atomic E-state index is 13.1. The van der Waals surface area contributed by atoms with Crippen LogP contribution < -0.4 is 4.74 Å². The molecular weight excluding hydrogens is 487 g/mol. The van der Waals surface area contributed by atoms with Crippen LogP contribution in [0.4, 0.5) is 4.79 Å². The lowest BCUT2D eigenvalue weighted by Gasteiger charge is -2.31. The van der Waals surface area contributed by atoms with Crippen LogP contribution in [-0.2, 0) is 11.2 Å². The number of halogens is 2. The summed E-state index contributed by atoms with van der Waals surface area (Å²) in [5, 5.41) is 10.1. The number of nitrogens with zero attached hydrogens (tertiary/aromatic N) is 2. The first-order valence-electron chi connectivity index (χ1n) is 12.3. The van der Waals surface area contributed by atoms with E-state index in [0.717, 1.165) is 42.5 Å². The van der Waals surface area contributed by atoms with Gasteiger partial charge in [0.2, 0.25) is 5.91 Å². The maximum Gasteiger partial charge on any atom is 0.415 e. The van der Waals surface area contributed by atoms with Gasteiger partial charge in [-0.2, -0.15) is 0 Å². The number of hydrogen-bond donors (Lipinski definition) is 1. The number of amides is 2. The first-order valence-corrected chi connectivity index (χ1v) is 13.1. The van der Waals surface area contributed by atoms with Crippen LogP contribution in [-0.4, -0.2) is 59.7 Å². The molecule has 2 aromatic rings. The summed E-state index contributed by atoms with van der Waals surface area (Å²) in [7, 11) is 1.56. The van der Waals surface area contributed by atoms with Crippen LogP contribution in [0.1, 0.15) is 44.1 Å². The Bertz CT molecular complexity index is 1030. The number of rotatable bonds is 7. The van der Waals surface area contributed by atoms with Crippen molar-refractivity contribution in [3.8, 4) is 16.9 Å². The first kappa shape index (κ1) is 25.8. The van der Waals surface area contributed by atoms with Crippen LogP contribution in [0.3, 0.4) is 0 Å². The Kier molecular flexibility index (Phi) is 8.58. The van der Waals surface area contributed by atoms with Crippen LogP contribution in [0, 0.1) is 5.92 Å². The Balaban J connectivity index is 1.42. The topological polar surface area (TPSA) is 70.1 Å². The monoisotopic (exact) mass is 518 g/mol. The van der Waals surface area contributed by atoms with Crippen molar-refractivity contribution in [2.75, 3.05) is 26.7 Å². The predicted molar refractivity (Wildman–Crippen MR) is 138 cm³/mol. The van der Waals surface area contributed by atoms with Gasteiger partial charge < -0.3 is 19.6 Å². The van der Waals surface area contributed by atoms with Gasteiger partial charge in [0.15, 0.2) is 0 Å². The molecule has 1 N–H and O–H groups in total. The lowest BCUT2D eigenvalue weighted by Crippen LogP contribution is -2.39. The summed E-state index contributed by atoms with van der Waals surface area (Å²) >= 11 is 13.3. The molecule has 0 bridgehead atoms. The Morgan fingerprint density at radius 3 is 2.34 bits per heavy atom. The largest absolute Gasteiger partial charge is 0.415 e. The molecule has 1 aliphatic carbocycles. The zero-order valence-electron chi connectivity index (χ0n) is 20.0. The van der Waals surface area contributed by atoms with Crippen LogP contribution >= 0.6 is 23.2 Å². The quantitative estimate of drug-likeness (QED) is 0.502. The number of benzene rings is 2. The normalized spacial score (nSPS) is 18.7. The van der Waals surface area contributed by atoms with Crippen molar-refractivity contribution in [1.82, 2.24) is 9.80 Å². The summed E-state index contributed by atoms with van der Waals surface area (Å²) in [6.07, 6.45) is 6.79. The second-order valence-electron chi connectivity index (χ2n) is 9.47. The molecule has 2 amide bonds. The number of carbonyl (C=O) groups excluding carboxylic acids is 2. The summed E-state index contributed by atoms with van der Waals surface area (Å²) in [4.78, 5) is 28.5. The van der Waals surface area contributed by atoms with Crippen LogP contribution in [0.2, 0.25) is 10.0 Å². The average Bonchev–Trinajstić information content (AvgIpc) is 3.22. The minimum Gasteiger partial charge on any atom is -0.410 e. The highest BCUT2D eigenvalue weighted by atomic mass is 35.5. The van der Waals surface area contributed by atoms with Crippen molar-refractivity contribution < 1.29 is 19.4 Å². The van der Waals surface area contributed by atoms with Crippen LogP contribution in [0.5, 0.6) is 5.75 Å². The van der Waals surface area contributed by atoms with Gasteiger partial charge in [0.1, 0.15) is 5.75 Å². The molecule has 4 rings (SSSR count). The minimum atomic E-state index is -0.536. The predicted octanol–water partition coefficient (Wildman–Crippen LogP) is 5.81. The smallest absolute Gasteiger partial charge is 0.410 e. The van der Waals surface area contributed by atoms with Crippen molar-refractivity contribution in [3.63, 3.8) is 0 Å². The molecule has 0 aromatic heterocycles. The third-order valence-corrected chi connectivity index (χ3v) is 7.77. The molecule has 0 radical (unpaired) electrons. The van der Waals surface area contributed by atoms with Gasteiger partial charge >= 0.3 is 6.09 Å². The molecule has 1 saturated carbocycles. The fourth-order valence-electron chi connectivity index (χ4n) is 5.05. The van der Waals surface area contributed by atoms with Gasteiger partial charge in [-0.3, -0.25) is 4.79 Å². The van der Waals surface area contributed by atoms with E-state index in [9.17, 15) is 9.59 Å². The highest BCUT2D eigenvalue weighted by Gasteiger charge is 2.36. The second-order valence-corrected chi connectivity index (χ2v) is 10.3. The second kappa shape index (κ2) is 11.6. The maximum absolute atomic E-state index is 13.1. The number of ether oxygens (including phenoxy) is 1. The van der Waals surface area contributed by atoms with Crippen LogP contribution in [0.25, 0.3) is 11.1 Å². The molecular formula is C27H32Cl2N2O4. The third kappa shape index (κ3) is 6.11. The molecule has 188 valence electrons. The summed E-state index contributed by atoms with van der Waals surface area (Å²) in [6.45, 7) is 0.898. The standard InChI is InChI=1S/C27H32Cl2N2O4/c1-30(13-14-32)27(34)35-22-9-7-18(8-10-22)20-16-24(28)23(25(29)17-20)15-19-11-12-31(26(19)33)21-5-3-2-4-6-21/h7-10,16-17,19,21,32H,2-6,11-15H2,1H3. The Labute approximate surface area is 216 Å². The summed E-state index contributed by atoms with van der Waals surface area (Å²) < 4.78 is 5.31. The molecule has 2 aliphatic rings. The van der Waals surface area contributed by atoms with E-state index in [1.54, 1.807) is 19.2 Å². The van der Waals surface area contributed by atoms with E-state index in [-0.39, 0.29) is 25.0 Å². The average molecular weight is 519 g/mol.